The van der Waals surface area contributed by atoms with Crippen LogP contribution in [0.25, 0.3) is 0 Å². The van der Waals surface area contributed by atoms with Crippen LogP contribution in [0.3, 0.4) is 0 Å². The molecule has 1 N–H and O–H groups in total. The molecule has 0 bridgehead atoms. The van der Waals surface area contributed by atoms with E-state index < -0.39 is 5.97 Å². The van der Waals surface area contributed by atoms with Crippen molar-refractivity contribution in [3.05, 3.63) is 23.4 Å². The molecule has 106 valence electrons. The van der Waals surface area contributed by atoms with Gasteiger partial charge >= 0.3 is 5.97 Å². The molecular weight excluding hydrogens is 240 g/mol. The predicted octanol–water partition coefficient (Wildman–Crippen LogP) is 3.36. The summed E-state index contributed by atoms with van der Waals surface area (Å²) in [5, 5.41) is 9.20. The van der Waals surface area contributed by atoms with Crippen LogP contribution in [0.15, 0.2) is 12.1 Å². The number of aromatic carboxylic acids is 1. The molecule has 0 fully saturated rings. The lowest BCUT2D eigenvalue weighted by molar-refractivity contribution is 0.0696. The number of hydrogen-bond donors (Lipinski definition) is 1. The van der Waals surface area contributed by atoms with Gasteiger partial charge < -0.3 is 10.0 Å². The number of nitrogens with zero attached hydrogens (tertiary/aromatic N) is 2. The fraction of sp³-hybridized carbons (Fsp3) is 0.600. The third kappa shape index (κ3) is 4.54. The molecule has 1 heterocycles. The number of rotatable bonds is 8. The van der Waals surface area contributed by atoms with Gasteiger partial charge in [0.05, 0.1) is 5.56 Å². The number of carboxylic acid groups (broad SMARTS) is 1. The summed E-state index contributed by atoms with van der Waals surface area (Å²) in [4.78, 5) is 18.0. The van der Waals surface area contributed by atoms with Gasteiger partial charge in [0.1, 0.15) is 5.82 Å². The Labute approximate surface area is 115 Å². The first-order valence-corrected chi connectivity index (χ1v) is 7.11. The second-order valence-corrected chi connectivity index (χ2v) is 4.75. The fourth-order valence-electron chi connectivity index (χ4n) is 2.12. The van der Waals surface area contributed by atoms with Crippen molar-refractivity contribution in [3.8, 4) is 0 Å². The molecule has 1 aromatic rings. The zero-order valence-electron chi connectivity index (χ0n) is 12.1. The fourth-order valence-corrected chi connectivity index (χ4v) is 2.12. The Bertz CT molecular complexity index is 413. The molecule has 0 aliphatic carbocycles. The second kappa shape index (κ2) is 7.77. The summed E-state index contributed by atoms with van der Waals surface area (Å²) in [5.41, 5.74) is 1.21. The van der Waals surface area contributed by atoms with Gasteiger partial charge in [-0.3, -0.25) is 0 Å². The maximum atomic E-state index is 11.2. The van der Waals surface area contributed by atoms with Crippen molar-refractivity contribution >= 4 is 11.8 Å². The minimum atomic E-state index is -0.881. The Kier molecular flexibility index (Phi) is 6.33. The molecule has 0 aromatic carbocycles. The lowest BCUT2D eigenvalue weighted by Gasteiger charge is -2.23. The highest BCUT2D eigenvalue weighted by molar-refractivity contribution is 5.88. The first kappa shape index (κ1) is 15.5. The van der Waals surface area contributed by atoms with E-state index >= 15 is 0 Å². The zero-order valence-corrected chi connectivity index (χ0v) is 12.1. The van der Waals surface area contributed by atoms with Crippen molar-refractivity contribution in [2.45, 2.75) is 46.5 Å². The van der Waals surface area contributed by atoms with Crippen molar-refractivity contribution in [2.75, 3.05) is 18.0 Å². The van der Waals surface area contributed by atoms with Crippen molar-refractivity contribution in [1.29, 1.82) is 0 Å². The molecule has 0 amide bonds. The Morgan fingerprint density at radius 3 is 2.26 bits per heavy atom. The third-order valence-electron chi connectivity index (χ3n) is 2.93. The van der Waals surface area contributed by atoms with Crippen LogP contribution >= 0.6 is 0 Å². The van der Waals surface area contributed by atoms with Crippen molar-refractivity contribution in [3.63, 3.8) is 0 Å². The summed E-state index contributed by atoms with van der Waals surface area (Å²) in [5.74, 6) is -0.0824. The van der Waals surface area contributed by atoms with Crippen LogP contribution in [-0.4, -0.2) is 29.1 Å². The Balaban J connectivity index is 3.11. The minimum absolute atomic E-state index is 0.339. The molecule has 4 nitrogen and oxygen atoms in total. The Morgan fingerprint density at radius 1 is 1.16 bits per heavy atom. The largest absolute Gasteiger partial charge is 0.478 e. The van der Waals surface area contributed by atoms with E-state index in [-0.39, 0.29) is 0 Å². The molecular formula is C15H24N2O2. The molecule has 0 saturated heterocycles. The van der Waals surface area contributed by atoms with Gasteiger partial charge in [-0.2, -0.15) is 0 Å². The standard InChI is InChI=1S/C15H24N2O2/c1-4-7-13-10-12(15(18)19)11-14(16-13)17(8-5-2)9-6-3/h10-11H,4-9H2,1-3H3,(H,18,19). The van der Waals surface area contributed by atoms with E-state index in [9.17, 15) is 9.90 Å². The molecule has 4 heteroatoms. The Morgan fingerprint density at radius 2 is 1.79 bits per heavy atom. The summed E-state index contributed by atoms with van der Waals surface area (Å²) < 4.78 is 0. The maximum absolute atomic E-state index is 11.2. The molecule has 0 unspecified atom stereocenters. The van der Waals surface area contributed by atoms with E-state index in [0.717, 1.165) is 50.3 Å². The second-order valence-electron chi connectivity index (χ2n) is 4.75. The number of aromatic nitrogens is 1. The average Bonchev–Trinajstić information content (AvgIpc) is 2.38. The van der Waals surface area contributed by atoms with Crippen LogP contribution < -0.4 is 4.90 Å². The lowest BCUT2D eigenvalue weighted by Crippen LogP contribution is -2.26. The summed E-state index contributed by atoms with van der Waals surface area (Å²) in [6, 6.07) is 3.37. The third-order valence-corrected chi connectivity index (χ3v) is 2.93. The molecule has 1 rings (SSSR count). The molecule has 0 aliphatic rings. The first-order chi connectivity index (χ1) is 9.12. The van der Waals surface area contributed by atoms with Crippen molar-refractivity contribution in [1.82, 2.24) is 4.98 Å². The van der Waals surface area contributed by atoms with Gasteiger partial charge in [-0.1, -0.05) is 27.2 Å². The van der Waals surface area contributed by atoms with E-state index in [2.05, 4.69) is 30.7 Å². The van der Waals surface area contributed by atoms with Crippen LogP contribution in [-0.2, 0) is 6.42 Å². The number of hydrogen-bond acceptors (Lipinski definition) is 3. The number of aryl methyl sites for hydroxylation is 1. The topological polar surface area (TPSA) is 53.4 Å². The van der Waals surface area contributed by atoms with E-state index in [0.29, 0.717) is 5.56 Å². The zero-order chi connectivity index (χ0) is 14.3. The highest BCUT2D eigenvalue weighted by Gasteiger charge is 2.12. The summed E-state index contributed by atoms with van der Waals surface area (Å²) >= 11 is 0. The molecule has 19 heavy (non-hydrogen) atoms. The Hall–Kier alpha value is -1.58. The number of carboxylic acids is 1. The maximum Gasteiger partial charge on any atom is 0.335 e. The monoisotopic (exact) mass is 264 g/mol. The molecule has 0 atom stereocenters. The smallest absolute Gasteiger partial charge is 0.335 e. The van der Waals surface area contributed by atoms with Gasteiger partial charge in [-0.05, 0) is 31.4 Å². The van der Waals surface area contributed by atoms with Gasteiger partial charge in [0.15, 0.2) is 0 Å². The van der Waals surface area contributed by atoms with E-state index in [1.807, 2.05) is 0 Å². The summed E-state index contributed by atoms with van der Waals surface area (Å²) in [6.45, 7) is 8.14. The number of anilines is 1. The van der Waals surface area contributed by atoms with Crippen molar-refractivity contribution in [2.24, 2.45) is 0 Å². The normalized spacial score (nSPS) is 10.5. The number of carbonyl (C=O) groups is 1. The highest BCUT2D eigenvalue weighted by Crippen LogP contribution is 2.17. The van der Waals surface area contributed by atoms with Gasteiger partial charge in [-0.15, -0.1) is 0 Å². The van der Waals surface area contributed by atoms with Gasteiger partial charge in [0.2, 0.25) is 0 Å². The molecule has 0 saturated carbocycles. The summed E-state index contributed by atoms with van der Waals surface area (Å²) in [7, 11) is 0. The first-order valence-electron chi connectivity index (χ1n) is 7.11. The van der Waals surface area contributed by atoms with Gasteiger partial charge in [0, 0.05) is 18.8 Å². The predicted molar refractivity (Wildman–Crippen MR) is 78.0 cm³/mol. The van der Waals surface area contributed by atoms with Crippen LogP contribution in [0.2, 0.25) is 0 Å². The average molecular weight is 264 g/mol. The molecule has 0 spiro atoms. The lowest BCUT2D eigenvalue weighted by atomic mass is 10.1. The van der Waals surface area contributed by atoms with Crippen LogP contribution in [0.5, 0.6) is 0 Å². The molecule has 0 aliphatic heterocycles. The van der Waals surface area contributed by atoms with Gasteiger partial charge in [-0.25, -0.2) is 9.78 Å². The van der Waals surface area contributed by atoms with Gasteiger partial charge in [0.25, 0.3) is 0 Å². The SMILES string of the molecule is CCCc1cc(C(=O)O)cc(N(CCC)CCC)n1. The highest BCUT2D eigenvalue weighted by atomic mass is 16.4. The number of pyridine rings is 1. The summed E-state index contributed by atoms with van der Waals surface area (Å²) in [6.07, 6.45) is 3.85. The van der Waals surface area contributed by atoms with Crippen molar-refractivity contribution < 1.29 is 9.90 Å². The molecule has 0 radical (unpaired) electrons. The van der Waals surface area contributed by atoms with Crippen LogP contribution in [0, 0.1) is 0 Å². The van der Waals surface area contributed by atoms with Crippen LogP contribution in [0.1, 0.15) is 56.1 Å². The van der Waals surface area contributed by atoms with E-state index in [4.69, 9.17) is 0 Å². The van der Waals surface area contributed by atoms with Crippen LogP contribution in [0.4, 0.5) is 5.82 Å². The minimum Gasteiger partial charge on any atom is -0.478 e. The molecule has 1 aromatic heterocycles. The van der Waals surface area contributed by atoms with E-state index in [1.165, 1.54) is 0 Å². The van der Waals surface area contributed by atoms with E-state index in [1.54, 1.807) is 12.1 Å². The quantitative estimate of drug-likeness (QED) is 0.782.